The van der Waals surface area contributed by atoms with E-state index in [9.17, 15) is 5.11 Å². The van der Waals surface area contributed by atoms with Crippen molar-refractivity contribution in [2.24, 2.45) is 12.5 Å². The predicted octanol–water partition coefficient (Wildman–Crippen LogP) is 1.83. The first-order valence-electron chi connectivity index (χ1n) is 6.48. The lowest BCUT2D eigenvalue weighted by Gasteiger charge is -2.45. The second-order valence-electron chi connectivity index (χ2n) is 6.12. The van der Waals surface area contributed by atoms with Crippen molar-refractivity contribution in [3.8, 4) is 0 Å². The van der Waals surface area contributed by atoms with Crippen molar-refractivity contribution in [2.45, 2.75) is 51.2 Å². The summed E-state index contributed by atoms with van der Waals surface area (Å²) in [7, 11) is 3.48. The molecule has 0 aliphatic heterocycles. The lowest BCUT2D eigenvalue weighted by molar-refractivity contribution is -0.140. The Bertz CT molecular complexity index is 404. The molecule has 0 radical (unpaired) electrons. The van der Waals surface area contributed by atoms with Crippen LogP contribution in [0.15, 0.2) is 6.20 Å². The van der Waals surface area contributed by atoms with Gasteiger partial charge in [-0.05, 0) is 31.1 Å². The van der Waals surface area contributed by atoms with E-state index in [0.717, 1.165) is 31.4 Å². The molecule has 1 N–H and O–H groups in total. The van der Waals surface area contributed by atoms with Crippen LogP contribution in [0.1, 0.15) is 51.3 Å². The quantitative estimate of drug-likeness (QED) is 0.893. The molecule has 0 bridgehead atoms. The van der Waals surface area contributed by atoms with Gasteiger partial charge in [0.1, 0.15) is 6.10 Å². The Morgan fingerprint density at radius 3 is 2.39 bits per heavy atom. The largest absolute Gasteiger partial charge is 0.384 e. The molecule has 1 aliphatic rings. The number of nitrogens with zero attached hydrogens (tertiary/aromatic N) is 3. The second-order valence-corrected chi connectivity index (χ2v) is 6.12. The Balaban J connectivity index is 2.21. The number of hydrogen-bond acceptors (Lipinski definition) is 4. The van der Waals surface area contributed by atoms with E-state index >= 15 is 0 Å². The van der Waals surface area contributed by atoms with Crippen LogP contribution in [0, 0.1) is 5.41 Å². The number of aliphatic hydroxyl groups excluding tert-OH is 1. The summed E-state index contributed by atoms with van der Waals surface area (Å²) in [5, 5.41) is 18.3. The third-order valence-corrected chi connectivity index (χ3v) is 4.38. The molecule has 1 saturated carbocycles. The average molecular weight is 253 g/mol. The van der Waals surface area contributed by atoms with E-state index in [1.54, 1.807) is 25.0 Å². The minimum atomic E-state index is -0.668. The molecule has 18 heavy (non-hydrogen) atoms. The maximum absolute atomic E-state index is 10.6. The van der Waals surface area contributed by atoms with Crippen LogP contribution in [0.4, 0.5) is 0 Å². The second kappa shape index (κ2) is 4.63. The lowest BCUT2D eigenvalue weighted by Crippen LogP contribution is -2.44. The van der Waals surface area contributed by atoms with Gasteiger partial charge in [-0.1, -0.05) is 19.1 Å². The van der Waals surface area contributed by atoms with E-state index in [4.69, 9.17) is 4.74 Å². The number of aliphatic hydroxyl groups is 1. The Labute approximate surface area is 108 Å². The van der Waals surface area contributed by atoms with Crippen LogP contribution >= 0.6 is 0 Å². The van der Waals surface area contributed by atoms with Crippen LogP contribution < -0.4 is 0 Å². The Kier molecular flexibility index (Phi) is 3.47. The highest BCUT2D eigenvalue weighted by atomic mass is 16.5. The lowest BCUT2D eigenvalue weighted by atomic mass is 9.68. The van der Waals surface area contributed by atoms with E-state index in [1.165, 1.54) is 0 Å². The first kappa shape index (κ1) is 13.5. The highest BCUT2D eigenvalue weighted by Crippen LogP contribution is 2.47. The normalized spacial score (nSPS) is 23.8. The summed E-state index contributed by atoms with van der Waals surface area (Å²) in [6.45, 7) is 4.54. The maximum atomic E-state index is 10.6. The summed E-state index contributed by atoms with van der Waals surface area (Å²) >= 11 is 0. The van der Waals surface area contributed by atoms with Crippen molar-refractivity contribution < 1.29 is 9.84 Å². The monoisotopic (exact) mass is 253 g/mol. The van der Waals surface area contributed by atoms with Gasteiger partial charge in [0.25, 0.3) is 0 Å². The summed E-state index contributed by atoms with van der Waals surface area (Å²) in [4.78, 5) is 0. The fraction of sp³-hybridized carbons (Fsp3) is 0.846. The fourth-order valence-corrected chi connectivity index (χ4v) is 2.75. The molecule has 0 amide bonds. The zero-order valence-corrected chi connectivity index (χ0v) is 11.7. The molecule has 1 aliphatic carbocycles. The number of ether oxygens (including phenoxy) is 1. The summed E-state index contributed by atoms with van der Waals surface area (Å²) in [6, 6.07) is 0. The van der Waals surface area contributed by atoms with Gasteiger partial charge in [-0.15, -0.1) is 5.10 Å². The molecule has 1 atom stereocenters. The molecular weight excluding hydrogens is 230 g/mol. The summed E-state index contributed by atoms with van der Waals surface area (Å²) < 4.78 is 7.31. The third-order valence-electron chi connectivity index (χ3n) is 4.38. The van der Waals surface area contributed by atoms with E-state index in [0.29, 0.717) is 5.41 Å². The molecule has 1 aromatic rings. The summed E-state index contributed by atoms with van der Waals surface area (Å²) in [6.07, 6.45) is 4.79. The first-order valence-corrected chi connectivity index (χ1v) is 6.48. The van der Waals surface area contributed by atoms with Crippen LogP contribution in [-0.2, 0) is 11.8 Å². The van der Waals surface area contributed by atoms with Gasteiger partial charge < -0.3 is 9.84 Å². The van der Waals surface area contributed by atoms with Crippen molar-refractivity contribution in [1.82, 2.24) is 15.0 Å². The van der Waals surface area contributed by atoms with Gasteiger partial charge in [0.05, 0.1) is 17.5 Å². The Morgan fingerprint density at radius 1 is 1.33 bits per heavy atom. The number of rotatable bonds is 3. The molecule has 5 heteroatoms. The average Bonchev–Trinajstić information content (AvgIpc) is 2.75. The molecule has 2 rings (SSSR count). The topological polar surface area (TPSA) is 60.2 Å². The van der Waals surface area contributed by atoms with Crippen molar-refractivity contribution in [2.75, 3.05) is 7.11 Å². The smallest absolute Gasteiger partial charge is 0.126 e. The van der Waals surface area contributed by atoms with Crippen LogP contribution in [0.25, 0.3) is 0 Å². The number of aryl methyl sites for hydroxylation is 1. The van der Waals surface area contributed by atoms with E-state index < -0.39 is 11.7 Å². The molecule has 1 unspecified atom stereocenters. The maximum Gasteiger partial charge on any atom is 0.126 e. The van der Waals surface area contributed by atoms with Gasteiger partial charge in [-0.25, -0.2) is 4.68 Å². The van der Waals surface area contributed by atoms with Crippen LogP contribution in [-0.4, -0.2) is 32.8 Å². The summed E-state index contributed by atoms with van der Waals surface area (Å²) in [5.74, 6) is 0. The zero-order valence-electron chi connectivity index (χ0n) is 11.7. The first-order chi connectivity index (χ1) is 8.40. The van der Waals surface area contributed by atoms with Crippen molar-refractivity contribution >= 4 is 0 Å². The van der Waals surface area contributed by atoms with E-state index in [-0.39, 0.29) is 0 Å². The molecule has 1 aromatic heterocycles. The van der Waals surface area contributed by atoms with Gasteiger partial charge in [-0.3, -0.25) is 0 Å². The molecule has 0 spiro atoms. The predicted molar refractivity (Wildman–Crippen MR) is 68.0 cm³/mol. The van der Waals surface area contributed by atoms with Crippen LogP contribution in [0.5, 0.6) is 0 Å². The van der Waals surface area contributed by atoms with Crippen molar-refractivity contribution in [3.63, 3.8) is 0 Å². The SMILES string of the molecule is COC1(C(O)c2cnnn2C)CCC(C)(C)CC1. The van der Waals surface area contributed by atoms with Gasteiger partial charge in [0.15, 0.2) is 0 Å². The van der Waals surface area contributed by atoms with E-state index in [2.05, 4.69) is 24.2 Å². The van der Waals surface area contributed by atoms with E-state index in [1.807, 2.05) is 0 Å². The minimum Gasteiger partial charge on any atom is -0.384 e. The third kappa shape index (κ3) is 2.29. The molecule has 5 nitrogen and oxygen atoms in total. The molecule has 0 aromatic carbocycles. The highest BCUT2D eigenvalue weighted by Gasteiger charge is 2.45. The number of methoxy groups -OCH3 is 1. The molecule has 102 valence electrons. The summed E-state index contributed by atoms with van der Waals surface area (Å²) in [5.41, 5.74) is 0.564. The van der Waals surface area contributed by atoms with Gasteiger partial charge in [0, 0.05) is 14.2 Å². The molecular formula is C13H23N3O2. The van der Waals surface area contributed by atoms with Crippen molar-refractivity contribution in [3.05, 3.63) is 11.9 Å². The number of aromatic nitrogens is 3. The Hall–Kier alpha value is -0.940. The highest BCUT2D eigenvalue weighted by molar-refractivity contribution is 5.08. The van der Waals surface area contributed by atoms with Crippen molar-refractivity contribution in [1.29, 1.82) is 0 Å². The molecule has 1 heterocycles. The molecule has 1 fully saturated rings. The van der Waals surface area contributed by atoms with Gasteiger partial charge in [-0.2, -0.15) is 0 Å². The van der Waals surface area contributed by atoms with Crippen LogP contribution in [0.2, 0.25) is 0 Å². The standard InChI is InChI=1S/C13H23N3O2/c1-12(2)5-7-13(18-4,8-6-12)11(17)10-9-14-15-16(10)3/h9,11,17H,5-8H2,1-4H3. The Morgan fingerprint density at radius 2 is 1.94 bits per heavy atom. The fourth-order valence-electron chi connectivity index (χ4n) is 2.75. The number of hydrogen-bond donors (Lipinski definition) is 1. The van der Waals surface area contributed by atoms with Crippen LogP contribution in [0.3, 0.4) is 0 Å². The molecule has 0 saturated heterocycles. The minimum absolute atomic E-state index is 0.340. The van der Waals surface area contributed by atoms with Gasteiger partial charge >= 0.3 is 0 Å². The van der Waals surface area contributed by atoms with Gasteiger partial charge in [0.2, 0.25) is 0 Å². The zero-order chi connectivity index (χ0) is 13.4.